The fraction of sp³-hybridized carbons (Fsp3) is 0.538. The summed E-state index contributed by atoms with van der Waals surface area (Å²) in [5, 5.41) is 8.94. The minimum atomic E-state index is -0.273. The first-order chi connectivity index (χ1) is 8.22. The van der Waals surface area contributed by atoms with Crippen LogP contribution in [0.5, 0.6) is 0 Å². The fourth-order valence-corrected chi connectivity index (χ4v) is 2.20. The number of hydrogen-bond donors (Lipinski definition) is 1. The van der Waals surface area contributed by atoms with Gasteiger partial charge in [0.1, 0.15) is 5.82 Å². The summed E-state index contributed by atoms with van der Waals surface area (Å²) in [4.78, 5) is 1.97. The second-order valence-corrected chi connectivity index (χ2v) is 4.40. The molecule has 0 amide bonds. The van der Waals surface area contributed by atoms with Crippen molar-refractivity contribution in [3.63, 3.8) is 0 Å². The number of benzene rings is 1. The van der Waals surface area contributed by atoms with Gasteiger partial charge >= 0.3 is 0 Å². The Hall–Kier alpha value is -1.13. The summed E-state index contributed by atoms with van der Waals surface area (Å²) >= 11 is 0. The molecule has 94 valence electrons. The van der Waals surface area contributed by atoms with E-state index in [1.54, 1.807) is 12.1 Å². The van der Waals surface area contributed by atoms with Crippen molar-refractivity contribution in [2.24, 2.45) is 0 Å². The van der Waals surface area contributed by atoms with Gasteiger partial charge in [0, 0.05) is 26.3 Å². The molecule has 0 bridgehead atoms. The molecule has 0 aliphatic carbocycles. The Labute approximate surface area is 101 Å². The van der Waals surface area contributed by atoms with Crippen molar-refractivity contribution in [1.82, 2.24) is 0 Å². The predicted molar refractivity (Wildman–Crippen MR) is 64.6 cm³/mol. The van der Waals surface area contributed by atoms with Gasteiger partial charge in [0.2, 0.25) is 0 Å². The highest BCUT2D eigenvalue weighted by Crippen LogP contribution is 2.24. The zero-order valence-corrected chi connectivity index (χ0v) is 10.0. The van der Waals surface area contributed by atoms with Gasteiger partial charge in [0.25, 0.3) is 0 Å². The first-order valence-corrected chi connectivity index (χ1v) is 5.92. The number of nitrogens with zero attached hydrogens (tertiary/aromatic N) is 1. The maximum absolute atomic E-state index is 13.9. The van der Waals surface area contributed by atoms with Gasteiger partial charge in [-0.1, -0.05) is 6.07 Å². The van der Waals surface area contributed by atoms with E-state index in [-0.39, 0.29) is 12.4 Å². The quantitative estimate of drug-likeness (QED) is 0.875. The molecule has 0 radical (unpaired) electrons. The first kappa shape index (κ1) is 12.3. The summed E-state index contributed by atoms with van der Waals surface area (Å²) in [6, 6.07) is 5.22. The van der Waals surface area contributed by atoms with Gasteiger partial charge in [-0.3, -0.25) is 0 Å². The predicted octanol–water partition coefficient (Wildman–Crippen LogP) is 1.93. The molecule has 0 saturated carbocycles. The summed E-state index contributed by atoms with van der Waals surface area (Å²) in [6.07, 6.45) is 1.86. The van der Waals surface area contributed by atoms with Crippen molar-refractivity contribution in [2.75, 3.05) is 25.2 Å². The van der Waals surface area contributed by atoms with E-state index in [4.69, 9.17) is 9.84 Å². The number of ether oxygens (including phenoxy) is 1. The Morgan fingerprint density at radius 3 is 2.71 bits per heavy atom. The van der Waals surface area contributed by atoms with Crippen LogP contribution in [0.1, 0.15) is 18.4 Å². The van der Waals surface area contributed by atoms with Crippen molar-refractivity contribution in [2.45, 2.75) is 25.5 Å². The highest BCUT2D eigenvalue weighted by Gasteiger charge is 2.20. The molecule has 0 aromatic heterocycles. The van der Waals surface area contributed by atoms with Crippen molar-refractivity contribution in [1.29, 1.82) is 0 Å². The maximum atomic E-state index is 13.9. The molecule has 0 spiro atoms. The molecule has 1 heterocycles. The molecule has 4 heteroatoms. The van der Waals surface area contributed by atoms with Crippen LogP contribution in [0.3, 0.4) is 0 Å². The molecule has 2 rings (SSSR count). The van der Waals surface area contributed by atoms with Crippen LogP contribution in [0.4, 0.5) is 10.1 Å². The number of aliphatic hydroxyl groups is 1. The molecule has 3 nitrogen and oxygen atoms in total. The summed E-state index contributed by atoms with van der Waals surface area (Å²) in [6.45, 7) is 1.36. The highest BCUT2D eigenvalue weighted by atomic mass is 19.1. The largest absolute Gasteiger partial charge is 0.392 e. The summed E-state index contributed by atoms with van der Waals surface area (Å²) in [5.41, 5.74) is 1.20. The normalized spacial score (nSPS) is 17.1. The lowest BCUT2D eigenvalue weighted by molar-refractivity contribution is 0.0853. The van der Waals surface area contributed by atoms with E-state index in [2.05, 4.69) is 0 Å². The molecule has 1 fully saturated rings. The second-order valence-electron chi connectivity index (χ2n) is 4.40. The van der Waals surface area contributed by atoms with Crippen molar-refractivity contribution >= 4 is 5.69 Å². The number of halogens is 1. The molecule has 1 N–H and O–H groups in total. The third-order valence-electron chi connectivity index (χ3n) is 3.31. The van der Waals surface area contributed by atoms with Crippen LogP contribution in [0.25, 0.3) is 0 Å². The van der Waals surface area contributed by atoms with E-state index in [0.29, 0.717) is 17.3 Å². The van der Waals surface area contributed by atoms with Gasteiger partial charge < -0.3 is 14.7 Å². The third-order valence-corrected chi connectivity index (χ3v) is 3.31. The average Bonchev–Trinajstić information content (AvgIpc) is 2.39. The molecular weight excluding hydrogens is 221 g/mol. The molecule has 1 aliphatic heterocycles. The Kier molecular flexibility index (Phi) is 3.97. The topological polar surface area (TPSA) is 32.7 Å². The van der Waals surface area contributed by atoms with Crippen LogP contribution in [-0.4, -0.2) is 31.4 Å². The molecule has 1 saturated heterocycles. The van der Waals surface area contributed by atoms with Gasteiger partial charge in [-0.05, 0) is 30.5 Å². The van der Waals surface area contributed by atoms with Gasteiger partial charge in [-0.2, -0.15) is 0 Å². The lowest BCUT2D eigenvalue weighted by atomic mass is 10.1. The van der Waals surface area contributed by atoms with Crippen LogP contribution >= 0.6 is 0 Å². The SMILES string of the molecule is CN(c1ccc(CO)cc1F)C1CCOCC1. The van der Waals surface area contributed by atoms with Crippen LogP contribution in [0.15, 0.2) is 18.2 Å². The Balaban J connectivity index is 2.15. The van der Waals surface area contributed by atoms with Gasteiger partial charge in [-0.25, -0.2) is 4.39 Å². The Bertz CT molecular complexity index is 378. The van der Waals surface area contributed by atoms with Crippen molar-refractivity contribution in [3.05, 3.63) is 29.6 Å². The first-order valence-electron chi connectivity index (χ1n) is 5.92. The van der Waals surface area contributed by atoms with Crippen LogP contribution in [-0.2, 0) is 11.3 Å². The van der Waals surface area contributed by atoms with Crippen LogP contribution in [0.2, 0.25) is 0 Å². The molecule has 0 atom stereocenters. The molecule has 1 aromatic carbocycles. The number of hydrogen-bond acceptors (Lipinski definition) is 3. The van der Waals surface area contributed by atoms with Crippen molar-refractivity contribution in [3.8, 4) is 0 Å². The standard InChI is InChI=1S/C13H18FNO2/c1-15(11-4-6-17-7-5-11)13-3-2-10(9-16)8-12(13)14/h2-3,8,11,16H,4-7,9H2,1H3. The number of rotatable bonds is 3. The minimum Gasteiger partial charge on any atom is -0.392 e. The molecule has 17 heavy (non-hydrogen) atoms. The Morgan fingerprint density at radius 2 is 2.12 bits per heavy atom. The number of aliphatic hydroxyl groups excluding tert-OH is 1. The smallest absolute Gasteiger partial charge is 0.146 e. The Morgan fingerprint density at radius 1 is 1.41 bits per heavy atom. The second kappa shape index (κ2) is 5.47. The van der Waals surface area contributed by atoms with E-state index >= 15 is 0 Å². The lowest BCUT2D eigenvalue weighted by Crippen LogP contribution is -2.37. The maximum Gasteiger partial charge on any atom is 0.146 e. The van der Waals surface area contributed by atoms with Crippen molar-refractivity contribution < 1.29 is 14.2 Å². The van der Waals surface area contributed by atoms with E-state index in [1.807, 2.05) is 11.9 Å². The summed E-state index contributed by atoms with van der Waals surface area (Å²) in [5.74, 6) is -0.273. The van der Waals surface area contributed by atoms with Crippen LogP contribution < -0.4 is 4.90 Å². The monoisotopic (exact) mass is 239 g/mol. The van der Waals surface area contributed by atoms with Gasteiger partial charge in [-0.15, -0.1) is 0 Å². The van der Waals surface area contributed by atoms with Gasteiger partial charge in [0.05, 0.1) is 12.3 Å². The van der Waals surface area contributed by atoms with Gasteiger partial charge in [0.15, 0.2) is 0 Å². The van der Waals surface area contributed by atoms with E-state index in [9.17, 15) is 4.39 Å². The lowest BCUT2D eigenvalue weighted by Gasteiger charge is -2.33. The summed E-state index contributed by atoms with van der Waals surface area (Å²) < 4.78 is 19.2. The van der Waals surface area contributed by atoms with E-state index in [0.717, 1.165) is 26.1 Å². The van der Waals surface area contributed by atoms with E-state index < -0.39 is 0 Å². The average molecular weight is 239 g/mol. The molecule has 0 unspecified atom stereocenters. The van der Waals surface area contributed by atoms with E-state index in [1.165, 1.54) is 6.07 Å². The molecule has 1 aliphatic rings. The fourth-order valence-electron chi connectivity index (χ4n) is 2.20. The zero-order valence-electron chi connectivity index (χ0n) is 10.0. The summed E-state index contributed by atoms with van der Waals surface area (Å²) in [7, 11) is 1.91. The molecule has 1 aromatic rings. The van der Waals surface area contributed by atoms with Crippen LogP contribution in [0, 0.1) is 5.82 Å². The minimum absolute atomic E-state index is 0.127. The third kappa shape index (κ3) is 2.76. The zero-order chi connectivity index (χ0) is 12.3. The molecular formula is C13H18FNO2. The number of anilines is 1. The highest BCUT2D eigenvalue weighted by molar-refractivity contribution is 5.49.